The normalized spacial score (nSPS) is 11.3. The molecule has 44 heavy (non-hydrogen) atoms. The lowest BCUT2D eigenvalue weighted by atomic mass is 10.0. The number of nitrogens with zero attached hydrogens (tertiary/aromatic N) is 1. The van der Waals surface area contributed by atoms with Crippen LogP contribution in [-0.4, -0.2) is 45.7 Å². The molecule has 0 atom stereocenters. The Bertz CT molecular complexity index is 1680. The number of aryl methyl sites for hydroxylation is 3. The highest BCUT2D eigenvalue weighted by Gasteiger charge is 2.20. The van der Waals surface area contributed by atoms with E-state index in [-0.39, 0.29) is 23.8 Å². The topological polar surface area (TPSA) is 115 Å². The Labute approximate surface area is 255 Å². The van der Waals surface area contributed by atoms with Crippen molar-refractivity contribution >= 4 is 40.8 Å². The zero-order valence-corrected chi connectivity index (χ0v) is 25.1. The molecule has 4 rings (SSSR count). The minimum atomic E-state index is -1.13. The molecule has 0 saturated carbocycles. The average Bonchev–Trinajstić information content (AvgIpc) is 3.31. The molecule has 0 spiro atoms. The van der Waals surface area contributed by atoms with Crippen molar-refractivity contribution in [1.82, 2.24) is 4.57 Å². The van der Waals surface area contributed by atoms with Crippen molar-refractivity contribution in [3.05, 3.63) is 93.9 Å². The van der Waals surface area contributed by atoms with Crippen LogP contribution >= 0.6 is 0 Å². The molecule has 3 aromatic carbocycles. The molecule has 0 aliphatic heterocycles. The van der Waals surface area contributed by atoms with E-state index >= 15 is 0 Å². The first-order chi connectivity index (χ1) is 21.0. The van der Waals surface area contributed by atoms with Gasteiger partial charge in [-0.3, -0.25) is 14.4 Å². The van der Waals surface area contributed by atoms with E-state index in [4.69, 9.17) is 14.6 Å². The van der Waals surface area contributed by atoms with Gasteiger partial charge in [0, 0.05) is 29.1 Å². The van der Waals surface area contributed by atoms with Crippen LogP contribution in [0.25, 0.3) is 23.1 Å². The largest absolute Gasteiger partial charge is 0.494 e. The van der Waals surface area contributed by atoms with Crippen molar-refractivity contribution in [3.8, 4) is 11.5 Å². The predicted octanol–water partition coefficient (Wildman–Crippen LogP) is 7.25. The zero-order chi connectivity index (χ0) is 31.8. The van der Waals surface area contributed by atoms with Crippen LogP contribution in [0.5, 0.6) is 11.5 Å². The van der Waals surface area contributed by atoms with E-state index < -0.39 is 30.1 Å². The molecular weight excluding hydrogens is 565 g/mol. The molecule has 0 saturated heterocycles. The lowest BCUT2D eigenvalue weighted by molar-refractivity contribution is -0.138. The van der Waals surface area contributed by atoms with E-state index in [1.165, 1.54) is 28.5 Å². The van der Waals surface area contributed by atoms with Gasteiger partial charge in [0.05, 0.1) is 25.2 Å². The summed E-state index contributed by atoms with van der Waals surface area (Å²) in [6.07, 6.45) is 5.79. The van der Waals surface area contributed by atoms with Gasteiger partial charge in [0.15, 0.2) is 5.78 Å². The highest BCUT2D eigenvalue weighted by molar-refractivity contribution is 6.10. The van der Waals surface area contributed by atoms with Gasteiger partial charge >= 0.3 is 11.9 Å². The predicted molar refractivity (Wildman–Crippen MR) is 167 cm³/mol. The number of aromatic nitrogens is 1. The number of ketones is 1. The molecule has 4 aromatic rings. The summed E-state index contributed by atoms with van der Waals surface area (Å²) in [7, 11) is 0. The Morgan fingerprint density at radius 2 is 1.50 bits per heavy atom. The molecule has 9 heteroatoms. The number of fused-ring (bicyclic) bond motifs is 1. The Morgan fingerprint density at radius 1 is 0.841 bits per heavy atom. The fourth-order valence-corrected chi connectivity index (χ4v) is 5.23. The van der Waals surface area contributed by atoms with Crippen molar-refractivity contribution in [2.45, 2.75) is 53.0 Å². The monoisotopic (exact) mass is 601 g/mol. The van der Waals surface area contributed by atoms with Crippen molar-refractivity contribution < 1.29 is 38.5 Å². The highest BCUT2D eigenvalue weighted by atomic mass is 19.1. The number of unbranched alkanes of at least 4 members (excludes halogenated alkanes) is 1. The fourth-order valence-electron chi connectivity index (χ4n) is 5.23. The first-order valence-corrected chi connectivity index (χ1v) is 14.4. The van der Waals surface area contributed by atoms with E-state index in [1.54, 1.807) is 12.2 Å². The maximum absolute atomic E-state index is 14.6. The second kappa shape index (κ2) is 14.5. The molecule has 1 heterocycles. The number of Topliss-reactive ketones (excluding diaryl/α,β-unsaturated/α-hetero) is 1. The van der Waals surface area contributed by atoms with Crippen LogP contribution in [0.1, 0.15) is 63.9 Å². The van der Waals surface area contributed by atoms with Crippen molar-refractivity contribution in [2.24, 2.45) is 0 Å². The summed E-state index contributed by atoms with van der Waals surface area (Å²) in [5.41, 5.74) is 5.15. The van der Waals surface area contributed by atoms with E-state index in [2.05, 4.69) is 32.9 Å². The van der Waals surface area contributed by atoms with Gasteiger partial charge in [-0.15, -0.1) is 0 Å². The first-order valence-electron chi connectivity index (χ1n) is 14.4. The Balaban J connectivity index is 1.39. The SMILES string of the molecule is Cc1cc(C)c(OCCCCOc2ccc(/C=C/c3cc(F)cc4c(C(=O)CCC(=O)O)cn(CC(=O)O)c34)cc2)c(C)c1. The van der Waals surface area contributed by atoms with E-state index in [0.29, 0.717) is 30.0 Å². The van der Waals surface area contributed by atoms with Gasteiger partial charge in [-0.25, -0.2) is 4.39 Å². The standard InChI is InChI=1S/C35H36FNO7/c1-22-16-23(2)35(24(3)17-22)44-15-5-4-14-43-28-10-7-25(8-11-28)6-9-26-18-27(36)19-29-30(31(38)12-13-32(39)40)20-37(34(26)29)21-33(41)42/h6-11,16-20H,4-5,12-15,21H2,1-3H3,(H,39,40)(H,41,42)/b9-6+. The molecule has 0 aliphatic carbocycles. The maximum Gasteiger partial charge on any atom is 0.323 e. The number of rotatable bonds is 15. The lowest BCUT2D eigenvalue weighted by Gasteiger charge is -2.13. The smallest absolute Gasteiger partial charge is 0.323 e. The zero-order valence-electron chi connectivity index (χ0n) is 25.1. The first kappa shape index (κ1) is 32.0. The van der Waals surface area contributed by atoms with Crippen LogP contribution < -0.4 is 9.47 Å². The number of ether oxygens (including phenoxy) is 2. The Hall–Kier alpha value is -4.92. The number of carbonyl (C=O) groups is 3. The van der Waals surface area contributed by atoms with Crippen LogP contribution in [0, 0.1) is 26.6 Å². The number of benzene rings is 3. The van der Waals surface area contributed by atoms with Crippen LogP contribution in [0.2, 0.25) is 0 Å². The third kappa shape index (κ3) is 8.34. The number of hydrogen-bond donors (Lipinski definition) is 2. The molecule has 8 nitrogen and oxygen atoms in total. The number of hydrogen-bond acceptors (Lipinski definition) is 5. The van der Waals surface area contributed by atoms with Crippen LogP contribution in [0.15, 0.2) is 54.7 Å². The summed E-state index contributed by atoms with van der Waals surface area (Å²) in [6, 6.07) is 14.0. The molecule has 0 amide bonds. The van der Waals surface area contributed by atoms with Crippen molar-refractivity contribution in [1.29, 1.82) is 0 Å². The molecule has 0 aliphatic rings. The van der Waals surface area contributed by atoms with Crippen molar-refractivity contribution in [3.63, 3.8) is 0 Å². The fraction of sp³-hybridized carbons (Fsp3) is 0.286. The van der Waals surface area contributed by atoms with E-state index in [9.17, 15) is 23.9 Å². The third-order valence-electron chi connectivity index (χ3n) is 7.13. The van der Waals surface area contributed by atoms with Gasteiger partial charge in [-0.05, 0) is 74.6 Å². The minimum absolute atomic E-state index is 0.0880. The third-order valence-corrected chi connectivity index (χ3v) is 7.13. The Kier molecular flexibility index (Phi) is 10.6. The number of aliphatic carboxylic acids is 2. The minimum Gasteiger partial charge on any atom is -0.494 e. The summed E-state index contributed by atoms with van der Waals surface area (Å²) in [6.45, 7) is 6.89. The Morgan fingerprint density at radius 3 is 2.14 bits per heavy atom. The van der Waals surface area contributed by atoms with Gasteiger partial charge < -0.3 is 24.3 Å². The van der Waals surface area contributed by atoms with E-state index in [1.807, 2.05) is 24.3 Å². The van der Waals surface area contributed by atoms with Gasteiger partial charge in [0.1, 0.15) is 23.9 Å². The molecule has 2 N–H and O–H groups in total. The summed E-state index contributed by atoms with van der Waals surface area (Å²) < 4.78 is 27.9. The highest BCUT2D eigenvalue weighted by Crippen LogP contribution is 2.30. The average molecular weight is 602 g/mol. The number of carboxylic acid groups (broad SMARTS) is 2. The van der Waals surface area contributed by atoms with Crippen LogP contribution in [0.3, 0.4) is 0 Å². The molecule has 0 radical (unpaired) electrons. The molecule has 0 bridgehead atoms. The van der Waals surface area contributed by atoms with Gasteiger partial charge in [0.25, 0.3) is 0 Å². The number of carboxylic acids is 2. The summed E-state index contributed by atoms with van der Waals surface area (Å²) in [5.74, 6) is -1.71. The molecular formula is C35H36FNO7. The summed E-state index contributed by atoms with van der Waals surface area (Å²) in [4.78, 5) is 35.2. The maximum atomic E-state index is 14.6. The number of carbonyl (C=O) groups excluding carboxylic acids is 1. The molecule has 230 valence electrons. The van der Waals surface area contributed by atoms with Gasteiger partial charge in [-0.2, -0.15) is 0 Å². The number of halogens is 1. The second-order valence-corrected chi connectivity index (χ2v) is 10.8. The van der Waals surface area contributed by atoms with E-state index in [0.717, 1.165) is 35.3 Å². The van der Waals surface area contributed by atoms with Crippen LogP contribution in [0.4, 0.5) is 4.39 Å². The summed E-state index contributed by atoms with van der Waals surface area (Å²) in [5, 5.41) is 18.6. The van der Waals surface area contributed by atoms with Crippen LogP contribution in [-0.2, 0) is 16.1 Å². The van der Waals surface area contributed by atoms with Gasteiger partial charge in [0.2, 0.25) is 0 Å². The molecule has 1 aromatic heterocycles. The molecule has 0 fully saturated rings. The van der Waals surface area contributed by atoms with Crippen molar-refractivity contribution in [2.75, 3.05) is 13.2 Å². The second-order valence-electron chi connectivity index (χ2n) is 10.8. The lowest BCUT2D eigenvalue weighted by Crippen LogP contribution is -2.08. The van der Waals surface area contributed by atoms with Gasteiger partial charge in [-0.1, -0.05) is 42.0 Å². The molecule has 0 unspecified atom stereocenters. The quantitative estimate of drug-likeness (QED) is 0.0838. The summed E-state index contributed by atoms with van der Waals surface area (Å²) >= 11 is 0.